The summed E-state index contributed by atoms with van der Waals surface area (Å²) < 4.78 is 10.7. The highest BCUT2D eigenvalue weighted by Gasteiger charge is 2.27. The largest absolute Gasteiger partial charge is 0.493 e. The quantitative estimate of drug-likeness (QED) is 0.517. The molecule has 2 aromatic carbocycles. The summed E-state index contributed by atoms with van der Waals surface area (Å²) in [6, 6.07) is 9.50. The van der Waals surface area contributed by atoms with Crippen LogP contribution in [0.2, 0.25) is 5.02 Å². The zero-order chi connectivity index (χ0) is 24.5. The van der Waals surface area contributed by atoms with Gasteiger partial charge in [0, 0.05) is 30.2 Å². The molecule has 1 unspecified atom stereocenters. The van der Waals surface area contributed by atoms with Gasteiger partial charge in [0.15, 0.2) is 11.5 Å². The third-order valence-corrected chi connectivity index (χ3v) is 7.16. The van der Waals surface area contributed by atoms with Gasteiger partial charge in [-0.3, -0.25) is 9.59 Å². The molecule has 1 aliphatic carbocycles. The number of nitrogens with one attached hydrogen (secondary N) is 2. The van der Waals surface area contributed by atoms with Crippen LogP contribution in [0.5, 0.6) is 11.5 Å². The van der Waals surface area contributed by atoms with E-state index in [0.29, 0.717) is 23.1 Å². The SMILES string of the molecule is COc1cc2c(cc1OC)CC(=O)N(CCC(=O)NC1CCCc3c1[nH]c1c(Cl)cccc31)C=C2. The van der Waals surface area contributed by atoms with E-state index in [2.05, 4.69) is 16.4 Å². The summed E-state index contributed by atoms with van der Waals surface area (Å²) >= 11 is 6.38. The Labute approximate surface area is 209 Å². The van der Waals surface area contributed by atoms with Crippen molar-refractivity contribution in [1.82, 2.24) is 15.2 Å². The molecular formula is C27H28ClN3O4. The number of H-pyrrole nitrogens is 1. The molecule has 2 heterocycles. The van der Waals surface area contributed by atoms with Crippen LogP contribution >= 0.6 is 11.6 Å². The van der Waals surface area contributed by atoms with Gasteiger partial charge in [-0.25, -0.2) is 0 Å². The van der Waals surface area contributed by atoms with Crippen molar-refractivity contribution in [2.24, 2.45) is 0 Å². The van der Waals surface area contributed by atoms with Crippen LogP contribution in [-0.2, 0) is 22.4 Å². The maximum atomic E-state index is 12.9. The zero-order valence-corrected chi connectivity index (χ0v) is 20.6. The highest BCUT2D eigenvalue weighted by atomic mass is 35.5. The Hall–Kier alpha value is -3.45. The zero-order valence-electron chi connectivity index (χ0n) is 19.8. The molecule has 3 aromatic rings. The number of rotatable bonds is 6. The van der Waals surface area contributed by atoms with Crippen molar-refractivity contribution >= 4 is 40.4 Å². The number of para-hydroxylation sites is 1. The molecule has 0 fully saturated rings. The molecule has 1 aliphatic heterocycles. The van der Waals surface area contributed by atoms with Crippen LogP contribution in [0.3, 0.4) is 0 Å². The third-order valence-electron chi connectivity index (χ3n) is 6.85. The van der Waals surface area contributed by atoms with Crippen LogP contribution < -0.4 is 14.8 Å². The van der Waals surface area contributed by atoms with Crippen LogP contribution in [0.4, 0.5) is 0 Å². The fourth-order valence-electron chi connectivity index (χ4n) is 5.05. The average Bonchev–Trinajstić information content (AvgIpc) is 3.17. The summed E-state index contributed by atoms with van der Waals surface area (Å²) in [6.07, 6.45) is 6.89. The molecule has 182 valence electrons. The van der Waals surface area contributed by atoms with Crippen molar-refractivity contribution in [3.05, 3.63) is 63.9 Å². The Kier molecular flexibility index (Phi) is 6.43. The lowest BCUT2D eigenvalue weighted by molar-refractivity contribution is -0.128. The Bertz CT molecular complexity index is 1330. The third kappa shape index (κ3) is 4.48. The van der Waals surface area contributed by atoms with E-state index in [9.17, 15) is 9.59 Å². The minimum atomic E-state index is -0.0886. The van der Waals surface area contributed by atoms with E-state index in [1.807, 2.05) is 30.3 Å². The number of amides is 2. The first-order valence-electron chi connectivity index (χ1n) is 11.8. The van der Waals surface area contributed by atoms with E-state index in [0.717, 1.165) is 47.0 Å². The maximum absolute atomic E-state index is 12.9. The monoisotopic (exact) mass is 493 g/mol. The van der Waals surface area contributed by atoms with Crippen molar-refractivity contribution < 1.29 is 19.1 Å². The van der Waals surface area contributed by atoms with Gasteiger partial charge in [-0.15, -0.1) is 0 Å². The molecular weight excluding hydrogens is 466 g/mol. The van der Waals surface area contributed by atoms with Gasteiger partial charge < -0.3 is 24.7 Å². The van der Waals surface area contributed by atoms with E-state index in [1.54, 1.807) is 25.3 Å². The Morgan fingerprint density at radius 3 is 2.83 bits per heavy atom. The second-order valence-electron chi connectivity index (χ2n) is 8.93. The van der Waals surface area contributed by atoms with E-state index in [1.165, 1.54) is 5.56 Å². The van der Waals surface area contributed by atoms with Crippen molar-refractivity contribution in [3.8, 4) is 11.5 Å². The standard InChI is InChI=1S/C27H28ClN3O4/c1-34-22-13-16-9-11-31(25(33)15-17(16)14-23(22)35-2)12-10-24(32)29-21-8-4-6-19-18-5-3-7-20(28)26(18)30-27(19)21/h3,5,7,9,11,13-14,21,30H,4,6,8,10,12,15H2,1-2H3,(H,29,32). The molecule has 2 N–H and O–H groups in total. The van der Waals surface area contributed by atoms with Crippen molar-refractivity contribution in [2.75, 3.05) is 20.8 Å². The second kappa shape index (κ2) is 9.66. The molecule has 0 saturated carbocycles. The molecule has 0 saturated heterocycles. The van der Waals surface area contributed by atoms with Crippen LogP contribution in [0.25, 0.3) is 17.0 Å². The summed E-state index contributed by atoms with van der Waals surface area (Å²) in [7, 11) is 3.16. The van der Waals surface area contributed by atoms with Gasteiger partial charge in [-0.2, -0.15) is 0 Å². The Balaban J connectivity index is 1.25. The number of aromatic amines is 1. The number of nitrogens with zero attached hydrogens (tertiary/aromatic N) is 1. The fraction of sp³-hybridized carbons (Fsp3) is 0.333. The van der Waals surface area contributed by atoms with Gasteiger partial charge in [0.2, 0.25) is 11.8 Å². The van der Waals surface area contributed by atoms with E-state index < -0.39 is 0 Å². The van der Waals surface area contributed by atoms with Crippen molar-refractivity contribution in [2.45, 2.75) is 38.1 Å². The first-order chi connectivity index (χ1) is 17.0. The highest BCUT2D eigenvalue weighted by Crippen LogP contribution is 2.37. The fourth-order valence-corrected chi connectivity index (χ4v) is 5.27. The molecule has 2 amide bonds. The topological polar surface area (TPSA) is 83.7 Å². The number of aryl methyl sites for hydroxylation is 1. The molecule has 1 atom stereocenters. The highest BCUT2D eigenvalue weighted by molar-refractivity contribution is 6.35. The van der Waals surface area contributed by atoms with Crippen molar-refractivity contribution in [1.29, 1.82) is 0 Å². The molecule has 7 nitrogen and oxygen atoms in total. The van der Waals surface area contributed by atoms with Gasteiger partial charge in [-0.05, 0) is 60.2 Å². The van der Waals surface area contributed by atoms with Gasteiger partial charge in [-0.1, -0.05) is 23.7 Å². The number of fused-ring (bicyclic) bond motifs is 4. The van der Waals surface area contributed by atoms with Crippen molar-refractivity contribution in [3.63, 3.8) is 0 Å². The van der Waals surface area contributed by atoms with Crippen LogP contribution in [-0.4, -0.2) is 42.5 Å². The molecule has 0 spiro atoms. The smallest absolute Gasteiger partial charge is 0.230 e. The number of carbonyl (C=O) groups is 2. The number of benzene rings is 2. The Morgan fingerprint density at radius 2 is 2.03 bits per heavy atom. The van der Waals surface area contributed by atoms with Gasteiger partial charge in [0.05, 0.1) is 37.2 Å². The van der Waals surface area contributed by atoms with Gasteiger partial charge in [0.1, 0.15) is 0 Å². The first-order valence-corrected chi connectivity index (χ1v) is 12.2. The van der Waals surface area contributed by atoms with E-state index in [-0.39, 0.29) is 30.7 Å². The van der Waals surface area contributed by atoms with E-state index in [4.69, 9.17) is 21.1 Å². The number of carbonyl (C=O) groups excluding carboxylic acids is 2. The number of aromatic nitrogens is 1. The number of methoxy groups -OCH3 is 2. The molecule has 5 rings (SSSR count). The minimum absolute atomic E-state index is 0.0646. The molecule has 1 aromatic heterocycles. The number of halogens is 1. The normalized spacial score (nSPS) is 17.1. The predicted molar refractivity (Wildman–Crippen MR) is 136 cm³/mol. The van der Waals surface area contributed by atoms with Crippen LogP contribution in [0.1, 0.15) is 47.7 Å². The maximum Gasteiger partial charge on any atom is 0.230 e. The summed E-state index contributed by atoms with van der Waals surface area (Å²) in [5, 5.41) is 4.97. The second-order valence-corrected chi connectivity index (χ2v) is 9.33. The molecule has 35 heavy (non-hydrogen) atoms. The summed E-state index contributed by atoms with van der Waals surface area (Å²) in [6.45, 7) is 0.307. The van der Waals surface area contributed by atoms with Crippen LogP contribution in [0, 0.1) is 0 Å². The number of hydrogen-bond acceptors (Lipinski definition) is 4. The lowest BCUT2D eigenvalue weighted by Gasteiger charge is -2.24. The molecule has 0 bridgehead atoms. The minimum Gasteiger partial charge on any atom is -0.493 e. The van der Waals surface area contributed by atoms with Gasteiger partial charge in [0.25, 0.3) is 0 Å². The number of ether oxygens (including phenoxy) is 2. The van der Waals surface area contributed by atoms with E-state index >= 15 is 0 Å². The predicted octanol–water partition coefficient (Wildman–Crippen LogP) is 4.78. The number of hydrogen-bond donors (Lipinski definition) is 2. The van der Waals surface area contributed by atoms with Crippen LogP contribution in [0.15, 0.2) is 36.5 Å². The molecule has 8 heteroatoms. The first kappa shape index (κ1) is 23.3. The Morgan fingerprint density at radius 1 is 1.23 bits per heavy atom. The van der Waals surface area contributed by atoms with Gasteiger partial charge >= 0.3 is 0 Å². The molecule has 2 aliphatic rings. The summed E-state index contributed by atoms with van der Waals surface area (Å²) in [4.78, 5) is 30.8. The average molecular weight is 494 g/mol. The molecule has 0 radical (unpaired) electrons. The lowest BCUT2D eigenvalue weighted by atomic mass is 9.91. The lowest BCUT2D eigenvalue weighted by Crippen LogP contribution is -2.35. The summed E-state index contributed by atoms with van der Waals surface area (Å²) in [5.74, 6) is 1.05. The summed E-state index contributed by atoms with van der Waals surface area (Å²) in [5.41, 5.74) is 4.96.